The van der Waals surface area contributed by atoms with Gasteiger partial charge in [0.2, 0.25) is 0 Å². The highest BCUT2D eigenvalue weighted by molar-refractivity contribution is 5.75. The average Bonchev–Trinajstić information content (AvgIpc) is 2.71. The number of rotatable bonds is 10. The van der Waals surface area contributed by atoms with E-state index in [-0.39, 0.29) is 11.7 Å². The van der Waals surface area contributed by atoms with Crippen LogP contribution in [0.2, 0.25) is 0 Å². The number of carboxylic acids is 1. The Morgan fingerprint density at radius 3 is 2.13 bits per heavy atom. The van der Waals surface area contributed by atoms with Gasteiger partial charge in [0.15, 0.2) is 0 Å². The summed E-state index contributed by atoms with van der Waals surface area (Å²) >= 11 is 0. The normalized spacial score (nSPS) is 14.2. The lowest BCUT2D eigenvalue weighted by molar-refractivity contribution is -0.138. The van der Waals surface area contributed by atoms with Gasteiger partial charge in [0, 0.05) is 23.6 Å². The van der Waals surface area contributed by atoms with Crippen molar-refractivity contribution in [2.75, 3.05) is 6.54 Å². The van der Waals surface area contributed by atoms with Crippen LogP contribution in [-0.2, 0) is 4.79 Å². The molecule has 0 saturated carbocycles. The van der Waals surface area contributed by atoms with Crippen molar-refractivity contribution in [2.45, 2.75) is 85.9 Å². The molecule has 0 radical (unpaired) electrons. The van der Waals surface area contributed by atoms with E-state index in [9.17, 15) is 15.0 Å². The number of benzene rings is 1. The molecule has 0 heterocycles. The Balaban J connectivity index is 0.00000407. The molecule has 2 unspecified atom stereocenters. The first-order valence-corrected chi connectivity index (χ1v) is 11.0. The average molecular weight is 419 g/mol. The van der Waals surface area contributed by atoms with Gasteiger partial charge in [-0.3, -0.25) is 9.69 Å². The Kier molecular flexibility index (Phi) is 13.0. The highest BCUT2D eigenvalue weighted by Crippen LogP contribution is 2.36. The van der Waals surface area contributed by atoms with Crippen molar-refractivity contribution < 1.29 is 15.0 Å². The number of aromatic hydroxyl groups is 1. The molecule has 1 aromatic carbocycles. The van der Waals surface area contributed by atoms with E-state index < -0.39 is 12.0 Å². The number of nitrogens with two attached hydrogens (primary N) is 1. The summed E-state index contributed by atoms with van der Waals surface area (Å²) in [7, 11) is 0. The Hall–Kier alpha value is -2.11. The van der Waals surface area contributed by atoms with Crippen molar-refractivity contribution in [3.63, 3.8) is 0 Å². The molecular weight excluding hydrogens is 376 g/mol. The molecule has 0 fully saturated rings. The number of phenolic OH excluding ortho intramolecular Hbond substituents is 1. The van der Waals surface area contributed by atoms with Gasteiger partial charge in [-0.05, 0) is 77.8 Å². The van der Waals surface area contributed by atoms with Crippen molar-refractivity contribution in [1.82, 2.24) is 4.90 Å². The standard InChI is InChI=1S/C23H36N2O3.C2H6/c1-7-9-17(8-2)19(12-13-25(15(3)4)16(5)6)20-14-18(10-11-21(20)26)22(24)23(27)28;1-2/h7-11,14-16,19,22,26H,12-13,24H2,1-6H3,(H,27,28);1-2H3/b9-7-,17-8+;. The maximum absolute atomic E-state index is 11.3. The van der Waals surface area contributed by atoms with Crippen LogP contribution in [-0.4, -0.2) is 39.7 Å². The quantitative estimate of drug-likeness (QED) is 0.429. The third-order valence-electron chi connectivity index (χ3n) is 5.15. The van der Waals surface area contributed by atoms with Gasteiger partial charge in [0.25, 0.3) is 0 Å². The Bertz CT molecular complexity index is 700. The van der Waals surface area contributed by atoms with E-state index in [1.807, 2.05) is 45.9 Å². The molecule has 5 heteroatoms. The van der Waals surface area contributed by atoms with Crippen LogP contribution >= 0.6 is 0 Å². The van der Waals surface area contributed by atoms with Gasteiger partial charge in [0.1, 0.15) is 11.8 Å². The monoisotopic (exact) mass is 418 g/mol. The molecule has 4 N–H and O–H groups in total. The summed E-state index contributed by atoms with van der Waals surface area (Å²) in [6.07, 6.45) is 6.88. The Morgan fingerprint density at radius 2 is 1.70 bits per heavy atom. The first kappa shape index (κ1) is 27.9. The zero-order valence-electron chi connectivity index (χ0n) is 20.0. The lowest BCUT2D eigenvalue weighted by Crippen LogP contribution is -2.38. The third-order valence-corrected chi connectivity index (χ3v) is 5.15. The fraction of sp³-hybridized carbons (Fsp3) is 0.560. The molecule has 5 nitrogen and oxygen atoms in total. The molecule has 0 saturated heterocycles. The molecule has 0 amide bonds. The van der Waals surface area contributed by atoms with E-state index in [4.69, 9.17) is 5.73 Å². The summed E-state index contributed by atoms with van der Waals surface area (Å²) < 4.78 is 0. The van der Waals surface area contributed by atoms with Crippen molar-refractivity contribution in [1.29, 1.82) is 0 Å². The first-order valence-electron chi connectivity index (χ1n) is 11.0. The second-order valence-electron chi connectivity index (χ2n) is 7.69. The minimum atomic E-state index is -1.11. The van der Waals surface area contributed by atoms with Crippen molar-refractivity contribution in [3.05, 3.63) is 53.1 Å². The van der Waals surface area contributed by atoms with E-state index in [2.05, 4.69) is 32.6 Å². The lowest BCUT2D eigenvalue weighted by Gasteiger charge is -2.32. The molecule has 1 rings (SSSR count). The highest BCUT2D eigenvalue weighted by atomic mass is 16.4. The molecule has 1 aromatic rings. The van der Waals surface area contributed by atoms with Gasteiger partial charge in [-0.1, -0.05) is 38.1 Å². The van der Waals surface area contributed by atoms with Crippen LogP contribution < -0.4 is 5.73 Å². The number of hydrogen-bond donors (Lipinski definition) is 3. The van der Waals surface area contributed by atoms with E-state index in [0.717, 1.165) is 18.5 Å². The minimum absolute atomic E-state index is 0.0536. The summed E-state index contributed by atoms with van der Waals surface area (Å²) in [6, 6.07) is 4.58. The Labute approximate surface area is 183 Å². The van der Waals surface area contributed by atoms with Gasteiger partial charge in [-0.15, -0.1) is 0 Å². The number of phenols is 1. The van der Waals surface area contributed by atoms with E-state index >= 15 is 0 Å². The molecule has 30 heavy (non-hydrogen) atoms. The molecule has 0 aliphatic carbocycles. The van der Waals surface area contributed by atoms with Gasteiger partial charge in [-0.25, -0.2) is 0 Å². The molecule has 2 atom stereocenters. The fourth-order valence-electron chi connectivity index (χ4n) is 3.69. The minimum Gasteiger partial charge on any atom is -0.508 e. The summed E-state index contributed by atoms with van der Waals surface area (Å²) in [5.74, 6) is -0.975. The van der Waals surface area contributed by atoms with Crippen LogP contribution in [0.1, 0.15) is 84.9 Å². The van der Waals surface area contributed by atoms with Gasteiger partial charge < -0.3 is 15.9 Å². The van der Waals surface area contributed by atoms with Gasteiger partial charge in [-0.2, -0.15) is 0 Å². The molecule has 0 spiro atoms. The number of hydrogen-bond acceptors (Lipinski definition) is 4. The second kappa shape index (κ2) is 14.0. The molecular formula is C25H42N2O3. The second-order valence-corrected chi connectivity index (χ2v) is 7.69. The van der Waals surface area contributed by atoms with Crippen LogP contribution in [0.3, 0.4) is 0 Å². The summed E-state index contributed by atoms with van der Waals surface area (Å²) in [5.41, 5.74) is 8.10. The number of aliphatic carboxylic acids is 1. The van der Waals surface area contributed by atoms with Crippen LogP contribution in [0, 0.1) is 0 Å². The largest absolute Gasteiger partial charge is 0.508 e. The number of allylic oxidation sites excluding steroid dienone is 4. The SMILES string of the molecule is C/C=C\C(=C/C)C(CCN(C(C)C)C(C)C)c1cc(C(N)C(=O)O)ccc1O.CC. The summed E-state index contributed by atoms with van der Waals surface area (Å²) in [5, 5.41) is 19.8. The van der Waals surface area contributed by atoms with Crippen molar-refractivity contribution in [3.8, 4) is 5.75 Å². The highest BCUT2D eigenvalue weighted by Gasteiger charge is 2.24. The van der Waals surface area contributed by atoms with E-state index in [0.29, 0.717) is 23.2 Å². The number of carboxylic acid groups (broad SMARTS) is 1. The Morgan fingerprint density at radius 1 is 1.13 bits per heavy atom. The molecule has 0 aliphatic heterocycles. The maximum Gasteiger partial charge on any atom is 0.325 e. The zero-order chi connectivity index (χ0) is 23.4. The summed E-state index contributed by atoms with van der Waals surface area (Å²) in [4.78, 5) is 13.7. The predicted molar refractivity (Wildman–Crippen MR) is 127 cm³/mol. The predicted octanol–water partition coefficient (Wildman–Crippen LogP) is 5.62. The lowest BCUT2D eigenvalue weighted by atomic mass is 9.85. The molecule has 0 aromatic heterocycles. The third kappa shape index (κ3) is 7.96. The van der Waals surface area contributed by atoms with Crippen LogP contribution in [0.4, 0.5) is 0 Å². The molecule has 0 bridgehead atoms. The van der Waals surface area contributed by atoms with Crippen LogP contribution in [0.5, 0.6) is 5.75 Å². The molecule has 170 valence electrons. The summed E-state index contributed by atoms with van der Waals surface area (Å²) in [6.45, 7) is 17.5. The fourth-order valence-corrected chi connectivity index (χ4v) is 3.69. The zero-order valence-corrected chi connectivity index (χ0v) is 20.0. The van der Waals surface area contributed by atoms with Gasteiger partial charge in [0.05, 0.1) is 0 Å². The van der Waals surface area contributed by atoms with Crippen LogP contribution in [0.15, 0.2) is 42.0 Å². The number of carbonyl (C=O) groups is 1. The van der Waals surface area contributed by atoms with E-state index in [1.54, 1.807) is 18.2 Å². The van der Waals surface area contributed by atoms with Crippen molar-refractivity contribution in [2.24, 2.45) is 5.73 Å². The van der Waals surface area contributed by atoms with E-state index in [1.165, 1.54) is 0 Å². The topological polar surface area (TPSA) is 86.8 Å². The first-order chi connectivity index (χ1) is 14.1. The maximum atomic E-state index is 11.3. The van der Waals surface area contributed by atoms with Crippen LogP contribution in [0.25, 0.3) is 0 Å². The number of nitrogens with zero attached hydrogens (tertiary/aromatic N) is 1. The smallest absolute Gasteiger partial charge is 0.325 e. The molecule has 0 aliphatic rings. The van der Waals surface area contributed by atoms with Gasteiger partial charge >= 0.3 is 5.97 Å². The van der Waals surface area contributed by atoms with Crippen molar-refractivity contribution >= 4 is 5.97 Å².